The van der Waals surface area contributed by atoms with Crippen molar-refractivity contribution in [2.45, 2.75) is 6.92 Å². The second-order valence-electron chi connectivity index (χ2n) is 1.45. The summed E-state index contributed by atoms with van der Waals surface area (Å²) in [5.41, 5.74) is 0.251. The lowest BCUT2D eigenvalue weighted by atomic mass is 10.2. The van der Waals surface area contributed by atoms with Crippen molar-refractivity contribution < 1.29 is 10.6 Å². The summed E-state index contributed by atoms with van der Waals surface area (Å²) in [7, 11) is 0. The van der Waals surface area contributed by atoms with Crippen molar-refractivity contribution in [1.29, 1.82) is 1.43 Å². The molecule has 1 N–H and O–H groups in total. The lowest BCUT2D eigenvalue weighted by molar-refractivity contribution is 0.471. The van der Waals surface area contributed by atoms with Gasteiger partial charge >= 0.3 is 0 Å². The number of hydrogen-bond donors (Lipinski definition) is 1. The van der Waals surface area contributed by atoms with E-state index in [0.29, 0.717) is 0 Å². The maximum Gasteiger partial charge on any atom is 0.293 e. The standard InChI is InChI=1S/C7H8O/c1-6-4-2-3-5-7(6)8/h2-5,8H,1H3/i2D,3D,4D,5D/hD. The minimum Gasteiger partial charge on any atom is -0.508 e. The second kappa shape index (κ2) is 1.86. The molecule has 0 heterocycles. The van der Waals surface area contributed by atoms with Gasteiger partial charge in [0.2, 0.25) is 0 Å². The molecule has 0 aliphatic rings. The van der Waals surface area contributed by atoms with Crippen LogP contribution in [0.5, 0.6) is 5.75 Å². The Morgan fingerprint density at radius 3 is 3.12 bits per heavy atom. The Labute approximate surface area is 55.7 Å². The van der Waals surface area contributed by atoms with Crippen molar-refractivity contribution in [3.8, 4) is 5.75 Å². The van der Waals surface area contributed by atoms with Crippen LogP contribution in [-0.4, -0.2) is 6.54 Å². The number of rotatable bonds is 1. The van der Waals surface area contributed by atoms with Crippen molar-refractivity contribution in [3.05, 3.63) is 29.7 Å². The Morgan fingerprint density at radius 2 is 2.38 bits per heavy atom. The van der Waals surface area contributed by atoms with Crippen LogP contribution in [0, 0.1) is 6.92 Å². The fraction of sp³-hybridized carbons (Fsp3) is 0.143. The molecule has 42 valence electrons. The summed E-state index contributed by atoms with van der Waals surface area (Å²) in [5.74, 6) is -0.119. The molecule has 1 aromatic rings. The van der Waals surface area contributed by atoms with Gasteiger partial charge in [0.1, 0.15) is 5.75 Å². The first kappa shape index (κ1) is 1.76. The normalized spacial score (nSPS) is 17.4. The van der Waals surface area contributed by atoms with E-state index in [9.17, 15) is 0 Å². The molecular formula is C7H8O. The summed E-state index contributed by atoms with van der Waals surface area (Å²) in [6.07, 6.45) is 0. The van der Waals surface area contributed by atoms with E-state index < -0.39 is 0 Å². The van der Waals surface area contributed by atoms with Gasteiger partial charge in [0.25, 0.3) is 1.43 Å². The van der Waals surface area contributed by atoms with Crippen molar-refractivity contribution >= 4 is 0 Å². The van der Waals surface area contributed by atoms with Crippen LogP contribution < -0.4 is 0 Å². The fourth-order valence-corrected chi connectivity index (χ4v) is 0.364. The molecule has 0 aliphatic heterocycles. The highest BCUT2D eigenvalue weighted by Crippen LogP contribution is 2.12. The molecule has 0 amide bonds. The van der Waals surface area contributed by atoms with E-state index in [4.69, 9.17) is 6.91 Å². The Kier molecular flexibility index (Phi) is 0.410. The first-order valence-corrected chi connectivity index (χ1v) is 2.20. The number of para-hydroxylation sites is 1. The van der Waals surface area contributed by atoms with E-state index >= 15 is 0 Å². The molecule has 0 radical (unpaired) electrons. The zero-order chi connectivity index (χ0) is 10.2. The highest BCUT2D eigenvalue weighted by molar-refractivity contribution is 5.29. The number of phenolic OH excluding ortho intramolecular Hbond substituents is 1. The SMILES string of the molecule is [2H]Oc1c([2H])c([2H])c([2H])c([2H])c1C. The van der Waals surface area contributed by atoms with Crippen LogP contribution in [0.4, 0.5) is 0 Å². The Morgan fingerprint density at radius 1 is 1.62 bits per heavy atom. The third-order valence-electron chi connectivity index (χ3n) is 0.829. The van der Waals surface area contributed by atoms with Crippen LogP contribution in [0.3, 0.4) is 0 Å². The highest BCUT2D eigenvalue weighted by Gasteiger charge is 1.86. The van der Waals surface area contributed by atoms with Crippen molar-refractivity contribution in [2.75, 3.05) is 0 Å². The highest BCUT2D eigenvalue weighted by atomic mass is 16.3. The first-order valence-electron chi connectivity index (χ1n) is 4.61. The number of aromatic hydroxyl groups is 1. The van der Waals surface area contributed by atoms with E-state index in [1.165, 1.54) is 6.92 Å². The zero-order valence-corrected chi connectivity index (χ0v) is 4.41. The molecule has 0 atom stereocenters. The molecule has 0 aromatic heterocycles. The van der Waals surface area contributed by atoms with Gasteiger partial charge in [-0.2, -0.15) is 0 Å². The topological polar surface area (TPSA) is 20.2 Å². The smallest absolute Gasteiger partial charge is 0.293 e. The molecule has 0 unspecified atom stereocenters. The molecule has 0 bridgehead atoms. The lowest BCUT2D eigenvalue weighted by Gasteiger charge is -1.92. The van der Waals surface area contributed by atoms with Crippen molar-refractivity contribution in [2.24, 2.45) is 0 Å². The van der Waals surface area contributed by atoms with Gasteiger partial charge in [0.05, 0.1) is 5.48 Å². The van der Waals surface area contributed by atoms with Gasteiger partial charge in [-0.05, 0) is 18.5 Å². The van der Waals surface area contributed by atoms with Crippen molar-refractivity contribution in [3.63, 3.8) is 0 Å². The van der Waals surface area contributed by atoms with Gasteiger partial charge in [0.15, 0.2) is 0 Å². The lowest BCUT2D eigenvalue weighted by Crippen LogP contribution is -1.68. The average molecular weight is 113 g/mol. The fourth-order valence-electron chi connectivity index (χ4n) is 0.364. The van der Waals surface area contributed by atoms with E-state index in [0.717, 1.165) is 0 Å². The predicted molar refractivity (Wildman–Crippen MR) is 32.8 cm³/mol. The molecule has 8 heavy (non-hydrogen) atoms. The number of phenols is 1. The van der Waals surface area contributed by atoms with Crippen LogP contribution in [0.2, 0.25) is 0 Å². The quantitative estimate of drug-likeness (QED) is 0.587. The second-order valence-corrected chi connectivity index (χ2v) is 1.45. The molecule has 1 rings (SSSR count). The summed E-state index contributed by atoms with van der Waals surface area (Å²) < 4.78 is 35.9. The molecule has 1 aromatic carbocycles. The van der Waals surface area contributed by atoms with Crippen molar-refractivity contribution in [1.82, 2.24) is 0 Å². The predicted octanol–water partition coefficient (Wildman–Crippen LogP) is 1.70. The third kappa shape index (κ3) is 0.808. The van der Waals surface area contributed by atoms with Gasteiger partial charge in [-0.1, -0.05) is 18.1 Å². The largest absolute Gasteiger partial charge is 0.508 e. The van der Waals surface area contributed by atoms with E-state index in [1.807, 2.05) is 0 Å². The van der Waals surface area contributed by atoms with E-state index in [2.05, 4.69) is 5.11 Å². The van der Waals surface area contributed by atoms with Crippen LogP contribution in [0.25, 0.3) is 0 Å². The van der Waals surface area contributed by atoms with Gasteiger partial charge < -0.3 is 5.11 Å². The molecule has 0 fully saturated rings. The molecular weight excluding hydrogens is 100 g/mol. The summed E-state index contributed by atoms with van der Waals surface area (Å²) >= 11 is 0. The Hall–Kier alpha value is -0.980. The molecule has 1 heteroatoms. The zero-order valence-electron chi connectivity index (χ0n) is 9.41. The monoisotopic (exact) mass is 113 g/mol. The summed E-state index contributed by atoms with van der Waals surface area (Å²) in [6, 6.07) is -1.15. The Balaban J connectivity index is 3.56. The Bertz CT molecular complexity index is 320. The summed E-state index contributed by atoms with van der Waals surface area (Å²) in [5, 5.41) is 4.13. The minimum atomic E-state index is -0.377. The average Bonchev–Trinajstić information content (AvgIpc) is 2.13. The van der Waals surface area contributed by atoms with Gasteiger partial charge in [-0.15, -0.1) is 0 Å². The van der Waals surface area contributed by atoms with Gasteiger partial charge in [-0.25, -0.2) is 0 Å². The third-order valence-corrected chi connectivity index (χ3v) is 0.829. The summed E-state index contributed by atoms with van der Waals surface area (Å²) in [6.45, 7) is 1.49. The first-order chi connectivity index (χ1) is 6.00. The molecule has 0 saturated heterocycles. The molecule has 0 saturated carbocycles. The van der Waals surface area contributed by atoms with Gasteiger partial charge in [-0.3, -0.25) is 0 Å². The van der Waals surface area contributed by atoms with Crippen LogP contribution in [0.15, 0.2) is 24.2 Å². The maximum absolute atomic E-state index is 7.37. The molecule has 1 nitrogen and oxygen atoms in total. The summed E-state index contributed by atoms with van der Waals surface area (Å²) in [4.78, 5) is 0. The van der Waals surface area contributed by atoms with E-state index in [1.54, 1.807) is 0 Å². The van der Waals surface area contributed by atoms with Crippen LogP contribution in [0.1, 0.15) is 11.0 Å². The minimum absolute atomic E-state index is 0.119. The molecule has 0 spiro atoms. The van der Waals surface area contributed by atoms with Gasteiger partial charge in [0, 0.05) is 0 Å². The van der Waals surface area contributed by atoms with Crippen LogP contribution >= 0.6 is 0 Å². The molecule has 0 aliphatic carbocycles. The maximum atomic E-state index is 7.37. The number of hydrogen-bond acceptors (Lipinski definition) is 1. The number of benzene rings is 1. The van der Waals surface area contributed by atoms with Crippen LogP contribution in [-0.2, 0) is 0 Å². The van der Waals surface area contributed by atoms with E-state index in [-0.39, 0.29) is 35.5 Å².